The van der Waals surface area contributed by atoms with Crippen LogP contribution in [0.15, 0.2) is 48.5 Å². The fourth-order valence-electron chi connectivity index (χ4n) is 5.09. The molecule has 1 saturated heterocycles. The van der Waals surface area contributed by atoms with Crippen LogP contribution in [-0.2, 0) is 14.2 Å². The van der Waals surface area contributed by atoms with Crippen molar-refractivity contribution in [3.05, 3.63) is 59.7 Å². The largest absolute Gasteiger partial charge is 0.448 e. The summed E-state index contributed by atoms with van der Waals surface area (Å²) in [4.78, 5) is 39.8. The SMILES string of the molecule is CC(C)(C)OC(=O)N[C@@H]1C[C@H](NC(=O)OC(C)(C)C)CN(C(=O)OCC2c3ccccc3-c3ccccc32)C1. The van der Waals surface area contributed by atoms with Gasteiger partial charge in [0.2, 0.25) is 0 Å². The molecule has 1 heterocycles. The number of alkyl carbamates (subject to hydrolysis) is 2. The summed E-state index contributed by atoms with van der Waals surface area (Å²) in [5.74, 6) is -0.0717. The number of carbonyl (C=O) groups is 3. The number of benzene rings is 2. The summed E-state index contributed by atoms with van der Waals surface area (Å²) in [6.07, 6.45) is -1.27. The summed E-state index contributed by atoms with van der Waals surface area (Å²) >= 11 is 0. The van der Waals surface area contributed by atoms with Gasteiger partial charge in [0.05, 0.1) is 12.1 Å². The zero-order valence-corrected chi connectivity index (χ0v) is 23.6. The maximum atomic E-state index is 13.3. The lowest BCUT2D eigenvalue weighted by Crippen LogP contribution is -2.59. The molecule has 0 unspecified atom stereocenters. The van der Waals surface area contributed by atoms with Gasteiger partial charge in [-0.05, 0) is 70.2 Å². The van der Waals surface area contributed by atoms with Crippen LogP contribution in [0.3, 0.4) is 0 Å². The number of hydrogen-bond acceptors (Lipinski definition) is 6. The van der Waals surface area contributed by atoms with Crippen molar-refractivity contribution in [2.24, 2.45) is 0 Å². The Morgan fingerprint density at radius 1 is 0.769 bits per heavy atom. The van der Waals surface area contributed by atoms with Gasteiger partial charge < -0.3 is 29.7 Å². The van der Waals surface area contributed by atoms with Crippen LogP contribution in [0.1, 0.15) is 65.0 Å². The molecule has 3 amide bonds. The standard InChI is InChI=1S/C30H39N3O6/c1-29(2,3)38-26(34)31-19-15-20(32-27(35)39-30(4,5)6)17-33(16-19)28(36)37-18-25-23-13-9-7-11-21(23)22-12-8-10-14-24(22)25/h7-14,19-20,25H,15-18H2,1-6H3,(H,31,34)(H,32,35)/t19-,20+. The van der Waals surface area contributed by atoms with E-state index in [0.29, 0.717) is 6.42 Å². The van der Waals surface area contributed by atoms with Crippen LogP contribution in [0.25, 0.3) is 11.1 Å². The zero-order valence-electron chi connectivity index (χ0n) is 23.6. The van der Waals surface area contributed by atoms with Crippen LogP contribution >= 0.6 is 0 Å². The Morgan fingerprint density at radius 3 is 1.64 bits per heavy atom. The lowest BCUT2D eigenvalue weighted by atomic mass is 9.98. The van der Waals surface area contributed by atoms with Gasteiger partial charge in [0.1, 0.15) is 17.8 Å². The zero-order chi connectivity index (χ0) is 28.4. The fourth-order valence-corrected chi connectivity index (χ4v) is 5.09. The fraction of sp³-hybridized carbons (Fsp3) is 0.500. The Bertz CT molecular complexity index is 1130. The molecule has 4 rings (SSSR count). The monoisotopic (exact) mass is 537 g/mol. The van der Waals surface area contributed by atoms with Crippen molar-refractivity contribution in [3.8, 4) is 11.1 Å². The van der Waals surface area contributed by atoms with Crippen LogP contribution in [0.2, 0.25) is 0 Å². The molecule has 2 aliphatic rings. The van der Waals surface area contributed by atoms with E-state index in [1.165, 1.54) is 4.90 Å². The maximum absolute atomic E-state index is 13.3. The Kier molecular flexibility index (Phi) is 8.09. The van der Waals surface area contributed by atoms with Crippen LogP contribution < -0.4 is 10.6 Å². The molecule has 2 atom stereocenters. The van der Waals surface area contributed by atoms with E-state index >= 15 is 0 Å². The minimum absolute atomic E-state index is 0.0717. The van der Waals surface area contributed by atoms with Crippen LogP contribution in [-0.4, -0.2) is 66.2 Å². The Labute approximate surface area is 230 Å². The lowest BCUT2D eigenvalue weighted by molar-refractivity contribution is 0.0380. The van der Waals surface area contributed by atoms with E-state index in [0.717, 1.165) is 22.3 Å². The summed E-state index contributed by atoms with van der Waals surface area (Å²) in [6, 6.07) is 15.4. The average Bonchev–Trinajstić information content (AvgIpc) is 3.13. The van der Waals surface area contributed by atoms with Gasteiger partial charge in [-0.3, -0.25) is 0 Å². The van der Waals surface area contributed by atoms with Crippen molar-refractivity contribution >= 4 is 18.3 Å². The normalized spacial score (nSPS) is 19.0. The summed E-state index contributed by atoms with van der Waals surface area (Å²) in [6.45, 7) is 11.3. The number of piperidine rings is 1. The van der Waals surface area contributed by atoms with Crippen molar-refractivity contribution in [2.45, 2.75) is 77.2 Å². The van der Waals surface area contributed by atoms with E-state index in [-0.39, 0.29) is 25.6 Å². The number of nitrogens with one attached hydrogen (secondary N) is 2. The number of hydrogen-bond donors (Lipinski definition) is 2. The van der Waals surface area contributed by atoms with E-state index in [1.807, 2.05) is 24.3 Å². The van der Waals surface area contributed by atoms with Crippen molar-refractivity contribution in [3.63, 3.8) is 0 Å². The smallest absolute Gasteiger partial charge is 0.409 e. The first-order valence-electron chi connectivity index (χ1n) is 13.4. The number of likely N-dealkylation sites (tertiary alicyclic amines) is 1. The second-order valence-corrected chi connectivity index (χ2v) is 12.1. The first-order valence-corrected chi connectivity index (χ1v) is 13.4. The van der Waals surface area contributed by atoms with E-state index in [1.54, 1.807) is 41.5 Å². The van der Waals surface area contributed by atoms with Crippen molar-refractivity contribution in [2.75, 3.05) is 19.7 Å². The Morgan fingerprint density at radius 2 is 1.21 bits per heavy atom. The lowest BCUT2D eigenvalue weighted by Gasteiger charge is -2.38. The third-order valence-electron chi connectivity index (χ3n) is 6.49. The van der Waals surface area contributed by atoms with Gasteiger partial charge in [-0.2, -0.15) is 0 Å². The molecule has 210 valence electrons. The van der Waals surface area contributed by atoms with Gasteiger partial charge in [0, 0.05) is 19.0 Å². The first-order chi connectivity index (χ1) is 18.3. The second kappa shape index (κ2) is 11.2. The van der Waals surface area contributed by atoms with Crippen molar-refractivity contribution in [1.29, 1.82) is 0 Å². The molecule has 2 N–H and O–H groups in total. The molecule has 0 bridgehead atoms. The summed E-state index contributed by atoms with van der Waals surface area (Å²) in [7, 11) is 0. The molecular formula is C30H39N3O6. The second-order valence-electron chi connectivity index (χ2n) is 12.1. The molecule has 0 saturated carbocycles. The highest BCUT2D eigenvalue weighted by atomic mass is 16.6. The Hall–Kier alpha value is -3.75. The number of nitrogens with zero attached hydrogens (tertiary/aromatic N) is 1. The molecule has 0 spiro atoms. The van der Waals surface area contributed by atoms with Gasteiger partial charge in [0.15, 0.2) is 0 Å². The highest BCUT2D eigenvalue weighted by molar-refractivity contribution is 5.79. The number of carbonyl (C=O) groups excluding carboxylic acids is 3. The molecule has 2 aromatic rings. The van der Waals surface area contributed by atoms with Crippen LogP contribution in [0.4, 0.5) is 14.4 Å². The predicted molar refractivity (Wildman–Crippen MR) is 148 cm³/mol. The number of rotatable bonds is 4. The summed E-state index contributed by atoms with van der Waals surface area (Å²) < 4.78 is 16.7. The molecule has 0 radical (unpaired) electrons. The number of ether oxygens (including phenoxy) is 3. The molecule has 1 aliphatic carbocycles. The molecule has 39 heavy (non-hydrogen) atoms. The summed E-state index contributed by atoms with van der Waals surface area (Å²) in [5.41, 5.74) is 3.21. The molecule has 9 heteroatoms. The molecular weight excluding hydrogens is 498 g/mol. The minimum atomic E-state index is -0.667. The molecule has 1 fully saturated rings. The third-order valence-corrected chi connectivity index (χ3v) is 6.49. The quantitative estimate of drug-likeness (QED) is 0.504. The molecule has 1 aliphatic heterocycles. The molecule has 0 aromatic heterocycles. The maximum Gasteiger partial charge on any atom is 0.409 e. The molecule has 9 nitrogen and oxygen atoms in total. The van der Waals surface area contributed by atoms with Crippen LogP contribution in [0.5, 0.6) is 0 Å². The first kappa shape index (κ1) is 28.3. The van der Waals surface area contributed by atoms with E-state index in [2.05, 4.69) is 34.9 Å². The van der Waals surface area contributed by atoms with Crippen LogP contribution in [0, 0.1) is 0 Å². The topological polar surface area (TPSA) is 106 Å². The number of amides is 3. The third kappa shape index (κ3) is 7.43. The summed E-state index contributed by atoms with van der Waals surface area (Å²) in [5, 5.41) is 5.66. The van der Waals surface area contributed by atoms with Crippen molar-refractivity contribution in [1.82, 2.24) is 15.5 Å². The van der Waals surface area contributed by atoms with Gasteiger partial charge >= 0.3 is 18.3 Å². The van der Waals surface area contributed by atoms with Gasteiger partial charge in [-0.15, -0.1) is 0 Å². The Balaban J connectivity index is 1.45. The molecule has 2 aromatic carbocycles. The van der Waals surface area contributed by atoms with Gasteiger partial charge in [0.25, 0.3) is 0 Å². The highest BCUT2D eigenvalue weighted by Gasteiger charge is 2.35. The number of fused-ring (bicyclic) bond motifs is 3. The van der Waals surface area contributed by atoms with Crippen molar-refractivity contribution < 1.29 is 28.6 Å². The van der Waals surface area contributed by atoms with E-state index in [4.69, 9.17) is 14.2 Å². The van der Waals surface area contributed by atoms with E-state index in [9.17, 15) is 14.4 Å². The predicted octanol–water partition coefficient (Wildman–Crippen LogP) is 5.43. The van der Waals surface area contributed by atoms with Gasteiger partial charge in [-0.1, -0.05) is 48.5 Å². The van der Waals surface area contributed by atoms with Gasteiger partial charge in [-0.25, -0.2) is 14.4 Å². The highest BCUT2D eigenvalue weighted by Crippen LogP contribution is 2.44. The minimum Gasteiger partial charge on any atom is -0.448 e. The average molecular weight is 538 g/mol. The van der Waals surface area contributed by atoms with E-state index < -0.39 is 41.6 Å².